The van der Waals surface area contributed by atoms with Crippen LogP contribution in [0, 0.1) is 0 Å². The van der Waals surface area contributed by atoms with Crippen LogP contribution in [0.5, 0.6) is 0 Å². The fourth-order valence-corrected chi connectivity index (χ4v) is 1.16. The van der Waals surface area contributed by atoms with Gasteiger partial charge in [-0.05, 0) is 0 Å². The molecular formula is C7H9N3O3. The highest BCUT2D eigenvalue weighted by Gasteiger charge is 2.16. The fraction of sp³-hybridized carbons (Fsp3) is 0.571. The van der Waals surface area contributed by atoms with E-state index >= 15 is 0 Å². The first-order chi connectivity index (χ1) is 6.40. The van der Waals surface area contributed by atoms with Crippen LogP contribution in [-0.4, -0.2) is 42.8 Å². The summed E-state index contributed by atoms with van der Waals surface area (Å²) in [6.07, 6.45) is 0.539. The highest BCUT2D eigenvalue weighted by Crippen LogP contribution is 2.12. The largest absolute Gasteiger partial charge is 0.400 e. The van der Waals surface area contributed by atoms with Crippen LogP contribution in [0.2, 0.25) is 0 Å². The van der Waals surface area contributed by atoms with Crippen LogP contribution < -0.4 is 4.90 Å². The van der Waals surface area contributed by atoms with Gasteiger partial charge in [-0.2, -0.15) is 0 Å². The van der Waals surface area contributed by atoms with Crippen molar-refractivity contribution in [1.29, 1.82) is 0 Å². The highest BCUT2D eigenvalue weighted by atomic mass is 16.5. The van der Waals surface area contributed by atoms with Crippen molar-refractivity contribution in [3.8, 4) is 0 Å². The van der Waals surface area contributed by atoms with Gasteiger partial charge in [-0.25, -0.2) is 0 Å². The number of nitrogens with zero attached hydrogens (tertiary/aromatic N) is 3. The maximum atomic E-state index is 10.3. The minimum absolute atomic E-state index is 0.0153. The van der Waals surface area contributed by atoms with Crippen molar-refractivity contribution >= 4 is 12.3 Å². The molecule has 0 bridgehead atoms. The number of carbonyl (C=O) groups is 1. The van der Waals surface area contributed by atoms with Gasteiger partial charge in [0.05, 0.1) is 13.2 Å². The molecule has 2 heterocycles. The standard InChI is InChI=1S/C7H9N3O3/c11-5-6-8-9-7(13-6)10-1-3-12-4-2-10/h5H,1-4H2. The van der Waals surface area contributed by atoms with E-state index in [1.807, 2.05) is 4.90 Å². The lowest BCUT2D eigenvalue weighted by atomic mass is 10.5. The number of aldehydes is 1. The molecule has 1 aliphatic rings. The molecule has 6 heteroatoms. The average molecular weight is 183 g/mol. The SMILES string of the molecule is O=Cc1nnc(N2CCOCC2)o1. The summed E-state index contributed by atoms with van der Waals surface area (Å²) in [5.74, 6) is 0.0153. The molecule has 0 N–H and O–H groups in total. The molecule has 0 aromatic carbocycles. The molecule has 70 valence electrons. The first-order valence-electron chi connectivity index (χ1n) is 4.01. The highest BCUT2D eigenvalue weighted by molar-refractivity contribution is 5.67. The van der Waals surface area contributed by atoms with Crippen molar-refractivity contribution in [2.24, 2.45) is 0 Å². The van der Waals surface area contributed by atoms with Gasteiger partial charge in [0.2, 0.25) is 6.29 Å². The van der Waals surface area contributed by atoms with E-state index in [2.05, 4.69) is 10.2 Å². The summed E-state index contributed by atoms with van der Waals surface area (Å²) in [6, 6.07) is 0.394. The van der Waals surface area contributed by atoms with Gasteiger partial charge in [0.1, 0.15) is 0 Å². The number of morpholine rings is 1. The summed E-state index contributed by atoms with van der Waals surface area (Å²) in [5.41, 5.74) is 0. The third-order valence-electron chi connectivity index (χ3n) is 1.81. The fourth-order valence-electron chi connectivity index (χ4n) is 1.16. The van der Waals surface area contributed by atoms with Gasteiger partial charge in [0.15, 0.2) is 0 Å². The van der Waals surface area contributed by atoms with E-state index in [1.165, 1.54) is 0 Å². The molecule has 0 aliphatic carbocycles. The van der Waals surface area contributed by atoms with Crippen LogP contribution in [0.4, 0.5) is 6.01 Å². The second kappa shape index (κ2) is 3.53. The number of aromatic nitrogens is 2. The van der Waals surface area contributed by atoms with Gasteiger partial charge in [-0.3, -0.25) is 4.79 Å². The zero-order valence-electron chi connectivity index (χ0n) is 6.97. The Morgan fingerprint density at radius 3 is 2.69 bits per heavy atom. The van der Waals surface area contributed by atoms with Crippen molar-refractivity contribution in [3.63, 3.8) is 0 Å². The summed E-state index contributed by atoms with van der Waals surface area (Å²) in [5, 5.41) is 7.28. The molecule has 1 saturated heterocycles. The Hall–Kier alpha value is -1.43. The lowest BCUT2D eigenvalue weighted by Gasteiger charge is -2.24. The van der Waals surface area contributed by atoms with Gasteiger partial charge in [-0.15, -0.1) is 5.10 Å². The topological polar surface area (TPSA) is 68.5 Å². The Balaban J connectivity index is 2.09. The quantitative estimate of drug-likeness (QED) is 0.587. The molecule has 0 unspecified atom stereocenters. The van der Waals surface area contributed by atoms with E-state index in [0.717, 1.165) is 13.1 Å². The third kappa shape index (κ3) is 1.67. The van der Waals surface area contributed by atoms with Gasteiger partial charge in [0, 0.05) is 13.1 Å². The third-order valence-corrected chi connectivity index (χ3v) is 1.81. The van der Waals surface area contributed by atoms with E-state index in [9.17, 15) is 4.79 Å². The summed E-state index contributed by atoms with van der Waals surface area (Å²) in [4.78, 5) is 12.2. The molecule has 6 nitrogen and oxygen atoms in total. The predicted octanol–water partition coefficient (Wildman–Crippen LogP) is -0.281. The number of rotatable bonds is 2. The summed E-state index contributed by atoms with van der Waals surface area (Å²) >= 11 is 0. The monoisotopic (exact) mass is 183 g/mol. The molecule has 2 rings (SSSR count). The van der Waals surface area contributed by atoms with Gasteiger partial charge in [-0.1, -0.05) is 5.10 Å². The van der Waals surface area contributed by atoms with Gasteiger partial charge >= 0.3 is 6.01 Å². The Morgan fingerprint density at radius 2 is 2.08 bits per heavy atom. The van der Waals surface area contributed by atoms with E-state index in [1.54, 1.807) is 0 Å². The first kappa shape index (κ1) is 8.18. The van der Waals surface area contributed by atoms with Crippen LogP contribution in [0.15, 0.2) is 4.42 Å². The Morgan fingerprint density at radius 1 is 1.31 bits per heavy atom. The lowest BCUT2D eigenvalue weighted by Crippen LogP contribution is -2.36. The van der Waals surface area contributed by atoms with Crippen molar-refractivity contribution in [3.05, 3.63) is 5.89 Å². The number of hydrogen-bond acceptors (Lipinski definition) is 6. The number of hydrogen-bond donors (Lipinski definition) is 0. The second-order valence-electron chi connectivity index (χ2n) is 2.64. The Bertz CT molecular complexity index is 293. The summed E-state index contributed by atoms with van der Waals surface area (Å²) in [7, 11) is 0. The van der Waals surface area contributed by atoms with Crippen LogP contribution in [0.3, 0.4) is 0 Å². The average Bonchev–Trinajstić information content (AvgIpc) is 2.67. The van der Waals surface area contributed by atoms with Crippen LogP contribution in [0.1, 0.15) is 10.7 Å². The Kier molecular flexibility index (Phi) is 2.22. The molecule has 0 saturated carbocycles. The minimum atomic E-state index is 0.0153. The van der Waals surface area contributed by atoms with Crippen molar-refractivity contribution < 1.29 is 13.9 Å². The normalized spacial score (nSPS) is 17.4. The molecule has 1 aromatic heterocycles. The molecule has 1 aromatic rings. The van der Waals surface area contributed by atoms with Crippen LogP contribution in [0.25, 0.3) is 0 Å². The number of anilines is 1. The maximum Gasteiger partial charge on any atom is 0.318 e. The van der Waals surface area contributed by atoms with Crippen LogP contribution in [-0.2, 0) is 4.74 Å². The Labute approximate surface area is 74.5 Å². The van der Waals surface area contributed by atoms with E-state index in [4.69, 9.17) is 9.15 Å². The minimum Gasteiger partial charge on any atom is -0.400 e. The van der Waals surface area contributed by atoms with Gasteiger partial charge < -0.3 is 14.1 Å². The molecule has 0 spiro atoms. The van der Waals surface area contributed by atoms with Crippen molar-refractivity contribution in [2.45, 2.75) is 0 Å². The second-order valence-corrected chi connectivity index (χ2v) is 2.64. The predicted molar refractivity (Wildman–Crippen MR) is 42.7 cm³/mol. The molecule has 13 heavy (non-hydrogen) atoms. The van der Waals surface area contributed by atoms with E-state index < -0.39 is 0 Å². The summed E-state index contributed by atoms with van der Waals surface area (Å²) in [6.45, 7) is 2.75. The molecule has 0 radical (unpaired) electrons. The maximum absolute atomic E-state index is 10.3. The lowest BCUT2D eigenvalue weighted by molar-refractivity contribution is 0.109. The molecular weight excluding hydrogens is 174 g/mol. The first-order valence-corrected chi connectivity index (χ1v) is 4.01. The smallest absolute Gasteiger partial charge is 0.318 e. The molecule has 0 atom stereocenters. The van der Waals surface area contributed by atoms with Crippen molar-refractivity contribution in [2.75, 3.05) is 31.2 Å². The molecule has 1 fully saturated rings. The van der Waals surface area contributed by atoms with Crippen LogP contribution >= 0.6 is 0 Å². The van der Waals surface area contributed by atoms with Gasteiger partial charge in [0.25, 0.3) is 5.89 Å². The van der Waals surface area contributed by atoms with E-state index in [-0.39, 0.29) is 5.89 Å². The zero-order valence-corrected chi connectivity index (χ0v) is 6.97. The van der Waals surface area contributed by atoms with E-state index in [0.29, 0.717) is 25.5 Å². The van der Waals surface area contributed by atoms with Crippen molar-refractivity contribution in [1.82, 2.24) is 10.2 Å². The number of carbonyl (C=O) groups excluding carboxylic acids is 1. The molecule has 1 aliphatic heterocycles. The summed E-state index contributed by atoms with van der Waals surface area (Å²) < 4.78 is 10.2. The number of ether oxygens (including phenoxy) is 1. The zero-order chi connectivity index (χ0) is 9.10. The molecule has 0 amide bonds.